The van der Waals surface area contributed by atoms with Crippen molar-refractivity contribution in [2.24, 2.45) is 0 Å². The average Bonchev–Trinajstić information content (AvgIpc) is 3.05. The summed E-state index contributed by atoms with van der Waals surface area (Å²) in [5.74, 6) is 0.976. The molecule has 1 aliphatic heterocycles. The molecule has 0 radical (unpaired) electrons. The van der Waals surface area contributed by atoms with Gasteiger partial charge in [0.2, 0.25) is 5.76 Å². The lowest BCUT2D eigenvalue weighted by Crippen LogP contribution is -2.32. The Labute approximate surface area is 180 Å². The van der Waals surface area contributed by atoms with Gasteiger partial charge in [0.25, 0.3) is 5.91 Å². The molecule has 1 aromatic heterocycles. The monoisotopic (exact) mass is 422 g/mol. The number of carbonyl (C=O) groups excluding carboxylic acids is 1. The van der Waals surface area contributed by atoms with Gasteiger partial charge >= 0.3 is 0 Å². The number of carbonyl (C=O) groups is 1. The molecule has 3 aromatic rings. The maximum Gasteiger partial charge on any atom is 0.290 e. The fourth-order valence-corrected chi connectivity index (χ4v) is 4.12. The molecule has 2 aromatic carbocycles. The van der Waals surface area contributed by atoms with Crippen LogP contribution in [-0.4, -0.2) is 57.1 Å². The van der Waals surface area contributed by atoms with Crippen LogP contribution >= 0.6 is 0 Å². The molecular formula is C24H26N2O5. The third kappa shape index (κ3) is 3.65. The van der Waals surface area contributed by atoms with Gasteiger partial charge < -0.3 is 23.7 Å². The maximum atomic E-state index is 13.5. The van der Waals surface area contributed by atoms with E-state index in [4.69, 9.17) is 13.9 Å². The van der Waals surface area contributed by atoms with Gasteiger partial charge in [0, 0.05) is 6.54 Å². The van der Waals surface area contributed by atoms with E-state index in [9.17, 15) is 9.59 Å². The zero-order valence-corrected chi connectivity index (χ0v) is 18.2. The molecule has 7 nitrogen and oxygen atoms in total. The second-order valence-corrected chi connectivity index (χ2v) is 7.84. The zero-order valence-electron chi connectivity index (χ0n) is 18.2. The Kier molecular flexibility index (Phi) is 5.69. The quantitative estimate of drug-likeness (QED) is 0.582. The van der Waals surface area contributed by atoms with Crippen molar-refractivity contribution >= 4 is 16.9 Å². The topological polar surface area (TPSA) is 72.2 Å². The Hall–Kier alpha value is -3.32. The van der Waals surface area contributed by atoms with Gasteiger partial charge in [-0.25, -0.2) is 0 Å². The van der Waals surface area contributed by atoms with Crippen molar-refractivity contribution in [2.75, 3.05) is 41.4 Å². The number of hydrogen-bond acceptors (Lipinski definition) is 6. The molecule has 0 saturated carbocycles. The van der Waals surface area contributed by atoms with Crippen molar-refractivity contribution in [3.8, 4) is 11.5 Å². The van der Waals surface area contributed by atoms with Gasteiger partial charge in [-0.15, -0.1) is 0 Å². The van der Waals surface area contributed by atoms with Crippen LogP contribution in [0, 0.1) is 0 Å². The molecule has 162 valence electrons. The molecule has 1 atom stereocenters. The maximum absolute atomic E-state index is 13.5. The van der Waals surface area contributed by atoms with Crippen molar-refractivity contribution in [1.82, 2.24) is 9.80 Å². The summed E-state index contributed by atoms with van der Waals surface area (Å²) >= 11 is 0. The number of hydrogen-bond donors (Lipinski definition) is 0. The lowest BCUT2D eigenvalue weighted by atomic mass is 9.98. The molecule has 0 N–H and O–H groups in total. The highest BCUT2D eigenvalue weighted by Crippen LogP contribution is 2.40. The summed E-state index contributed by atoms with van der Waals surface area (Å²) in [7, 11) is 7.11. The standard InChI is InChI=1S/C24H26N2O5/c1-25(2)12-7-13-26-21(15-10-11-18(29-3)19(14-15)30-4)20-22(27)16-8-5-6-9-17(16)31-23(20)24(26)28/h5-6,8-11,14,21H,7,12-13H2,1-4H3/t21-/m0/s1. The lowest BCUT2D eigenvalue weighted by molar-refractivity contribution is 0.0722. The number of amides is 1. The first-order chi connectivity index (χ1) is 15.0. The second kappa shape index (κ2) is 8.43. The summed E-state index contributed by atoms with van der Waals surface area (Å²) in [6, 6.07) is 11.9. The fraction of sp³-hybridized carbons (Fsp3) is 0.333. The highest BCUT2D eigenvalue weighted by molar-refractivity contribution is 5.99. The Morgan fingerprint density at radius 1 is 1.03 bits per heavy atom. The van der Waals surface area contributed by atoms with Crippen molar-refractivity contribution in [2.45, 2.75) is 12.5 Å². The molecular weight excluding hydrogens is 396 g/mol. The van der Waals surface area contributed by atoms with Crippen LogP contribution in [0.4, 0.5) is 0 Å². The summed E-state index contributed by atoms with van der Waals surface area (Å²) in [6.45, 7) is 1.32. The van der Waals surface area contributed by atoms with E-state index in [0.29, 0.717) is 34.6 Å². The van der Waals surface area contributed by atoms with Crippen molar-refractivity contribution < 1.29 is 18.7 Å². The summed E-state index contributed by atoms with van der Waals surface area (Å²) in [4.78, 5) is 30.6. The zero-order chi connectivity index (χ0) is 22.1. The lowest BCUT2D eigenvalue weighted by Gasteiger charge is -2.26. The summed E-state index contributed by atoms with van der Waals surface area (Å²) in [6.07, 6.45) is 0.768. The van der Waals surface area contributed by atoms with Crippen LogP contribution in [0.25, 0.3) is 11.0 Å². The SMILES string of the molecule is COc1ccc([C@H]2c3c(oc4ccccc4c3=O)C(=O)N2CCCN(C)C)cc1OC. The number of benzene rings is 2. The third-order valence-electron chi connectivity index (χ3n) is 5.60. The highest BCUT2D eigenvalue weighted by Gasteiger charge is 2.42. The molecule has 2 heterocycles. The predicted octanol–water partition coefficient (Wildman–Crippen LogP) is 3.31. The summed E-state index contributed by atoms with van der Waals surface area (Å²) in [5, 5.41) is 0.467. The van der Waals surface area contributed by atoms with Crippen LogP contribution in [0.5, 0.6) is 11.5 Å². The smallest absolute Gasteiger partial charge is 0.290 e. The number of rotatable bonds is 7. The number of nitrogens with zero attached hydrogens (tertiary/aromatic N) is 2. The van der Waals surface area contributed by atoms with Crippen molar-refractivity contribution in [3.05, 3.63) is 69.6 Å². The largest absolute Gasteiger partial charge is 0.493 e. The molecule has 0 aliphatic carbocycles. The molecule has 0 bridgehead atoms. The Balaban J connectivity index is 1.88. The molecule has 0 unspecified atom stereocenters. The Morgan fingerprint density at radius 2 is 1.77 bits per heavy atom. The number of fused-ring (bicyclic) bond motifs is 2. The van der Waals surface area contributed by atoms with Gasteiger partial charge in [-0.2, -0.15) is 0 Å². The van der Waals surface area contributed by atoms with Crippen LogP contribution in [0.2, 0.25) is 0 Å². The van der Waals surface area contributed by atoms with E-state index in [1.54, 1.807) is 49.5 Å². The Bertz CT molecular complexity index is 1180. The van der Waals surface area contributed by atoms with Crippen LogP contribution < -0.4 is 14.9 Å². The van der Waals surface area contributed by atoms with E-state index in [-0.39, 0.29) is 17.1 Å². The number of ether oxygens (including phenoxy) is 2. The molecule has 0 spiro atoms. The van der Waals surface area contributed by atoms with E-state index in [1.807, 2.05) is 26.2 Å². The first-order valence-corrected chi connectivity index (χ1v) is 10.2. The molecule has 0 fully saturated rings. The molecule has 0 saturated heterocycles. The summed E-state index contributed by atoms with van der Waals surface area (Å²) in [5.41, 5.74) is 1.39. The molecule has 7 heteroatoms. The first-order valence-electron chi connectivity index (χ1n) is 10.2. The molecule has 31 heavy (non-hydrogen) atoms. The van der Waals surface area contributed by atoms with E-state index >= 15 is 0 Å². The van der Waals surface area contributed by atoms with Gasteiger partial charge in [0.05, 0.1) is 31.2 Å². The van der Waals surface area contributed by atoms with E-state index in [0.717, 1.165) is 18.5 Å². The van der Waals surface area contributed by atoms with E-state index < -0.39 is 6.04 Å². The fourth-order valence-electron chi connectivity index (χ4n) is 4.12. The second-order valence-electron chi connectivity index (χ2n) is 7.84. The van der Waals surface area contributed by atoms with Gasteiger partial charge in [0.15, 0.2) is 16.9 Å². The van der Waals surface area contributed by atoms with E-state index in [2.05, 4.69) is 4.90 Å². The van der Waals surface area contributed by atoms with Gasteiger partial charge in [-0.3, -0.25) is 9.59 Å². The minimum Gasteiger partial charge on any atom is -0.493 e. The number of para-hydroxylation sites is 1. The Morgan fingerprint density at radius 3 is 2.48 bits per heavy atom. The van der Waals surface area contributed by atoms with Crippen LogP contribution in [-0.2, 0) is 0 Å². The first kappa shape index (κ1) is 20.9. The molecule has 1 amide bonds. The van der Waals surface area contributed by atoms with Gasteiger partial charge in [0.1, 0.15) is 5.58 Å². The van der Waals surface area contributed by atoms with E-state index in [1.165, 1.54) is 0 Å². The van der Waals surface area contributed by atoms with Gasteiger partial charge in [-0.1, -0.05) is 18.2 Å². The summed E-state index contributed by atoms with van der Waals surface area (Å²) < 4.78 is 16.8. The van der Waals surface area contributed by atoms with Crippen molar-refractivity contribution in [1.29, 1.82) is 0 Å². The number of methoxy groups -OCH3 is 2. The normalized spacial score (nSPS) is 15.6. The third-order valence-corrected chi connectivity index (χ3v) is 5.60. The average molecular weight is 422 g/mol. The van der Waals surface area contributed by atoms with Crippen molar-refractivity contribution in [3.63, 3.8) is 0 Å². The van der Waals surface area contributed by atoms with Crippen LogP contribution in [0.1, 0.15) is 34.1 Å². The van der Waals surface area contributed by atoms with Crippen LogP contribution in [0.15, 0.2) is 51.7 Å². The minimum absolute atomic E-state index is 0.119. The molecule has 4 rings (SSSR count). The van der Waals surface area contributed by atoms with Gasteiger partial charge in [-0.05, 0) is 56.9 Å². The predicted molar refractivity (Wildman–Crippen MR) is 118 cm³/mol. The highest BCUT2D eigenvalue weighted by atomic mass is 16.5. The van der Waals surface area contributed by atoms with Crippen LogP contribution in [0.3, 0.4) is 0 Å². The minimum atomic E-state index is -0.551. The molecule has 1 aliphatic rings.